The predicted molar refractivity (Wildman–Crippen MR) is 112 cm³/mol. The largest absolute Gasteiger partial charge is 0.497 e. The second-order valence-corrected chi connectivity index (χ2v) is 7.03. The summed E-state index contributed by atoms with van der Waals surface area (Å²) in [4.78, 5) is 30.1. The van der Waals surface area contributed by atoms with Crippen LogP contribution in [-0.2, 0) is 13.5 Å². The number of rotatable bonds is 5. The molecule has 0 radical (unpaired) electrons. The average Bonchev–Trinajstić information content (AvgIpc) is 3.06. The molecule has 0 saturated heterocycles. The topological polar surface area (TPSA) is 77.6 Å². The van der Waals surface area contributed by atoms with Crippen molar-refractivity contribution in [2.75, 3.05) is 13.7 Å². The minimum Gasteiger partial charge on any atom is -0.497 e. The Morgan fingerprint density at radius 2 is 1.93 bits per heavy atom. The van der Waals surface area contributed by atoms with E-state index in [0.717, 1.165) is 16.9 Å². The maximum atomic E-state index is 12.8. The molecule has 4 aromatic rings. The summed E-state index contributed by atoms with van der Waals surface area (Å²) in [5.74, 6) is 0.568. The highest BCUT2D eigenvalue weighted by Crippen LogP contribution is 2.16. The minimum atomic E-state index is -0.233. The van der Waals surface area contributed by atoms with Gasteiger partial charge in [0.1, 0.15) is 22.7 Å². The van der Waals surface area contributed by atoms with Crippen LogP contribution in [-0.4, -0.2) is 33.5 Å². The second kappa shape index (κ2) is 7.43. The molecule has 7 nitrogen and oxygen atoms in total. The molecule has 0 unspecified atom stereocenters. The number of carbonyl (C=O) groups is 1. The summed E-state index contributed by atoms with van der Waals surface area (Å²) >= 11 is 0. The van der Waals surface area contributed by atoms with Crippen molar-refractivity contribution in [3.63, 3.8) is 0 Å². The fourth-order valence-electron chi connectivity index (χ4n) is 3.40. The van der Waals surface area contributed by atoms with E-state index >= 15 is 0 Å². The molecule has 4 rings (SSSR count). The molecule has 0 aliphatic carbocycles. The van der Waals surface area contributed by atoms with Gasteiger partial charge in [0.25, 0.3) is 11.5 Å². The predicted octanol–water partition coefficient (Wildman–Crippen LogP) is 2.48. The number of ether oxygens (including phenoxy) is 1. The van der Waals surface area contributed by atoms with Gasteiger partial charge in [-0.25, -0.2) is 4.98 Å². The van der Waals surface area contributed by atoms with Crippen molar-refractivity contribution in [2.24, 2.45) is 7.05 Å². The van der Waals surface area contributed by atoms with E-state index in [1.54, 1.807) is 37.1 Å². The van der Waals surface area contributed by atoms with E-state index in [0.29, 0.717) is 35.3 Å². The molecule has 7 heteroatoms. The molecular weight excluding hydrogens is 368 g/mol. The first-order valence-electron chi connectivity index (χ1n) is 9.37. The third kappa shape index (κ3) is 3.47. The van der Waals surface area contributed by atoms with E-state index in [1.807, 2.05) is 37.3 Å². The summed E-state index contributed by atoms with van der Waals surface area (Å²) in [6.45, 7) is 2.41. The summed E-state index contributed by atoms with van der Waals surface area (Å²) in [7, 11) is 3.38. The van der Waals surface area contributed by atoms with Crippen LogP contribution in [0.25, 0.3) is 16.7 Å². The van der Waals surface area contributed by atoms with Crippen molar-refractivity contribution in [3.05, 3.63) is 75.8 Å². The van der Waals surface area contributed by atoms with E-state index in [2.05, 4.69) is 10.3 Å². The van der Waals surface area contributed by atoms with E-state index in [9.17, 15) is 9.59 Å². The number of aromatic nitrogens is 3. The Balaban J connectivity index is 1.57. The normalized spacial score (nSPS) is 11.1. The van der Waals surface area contributed by atoms with Gasteiger partial charge in [0.15, 0.2) is 0 Å². The highest BCUT2D eigenvalue weighted by atomic mass is 16.5. The molecule has 1 N–H and O–H groups in total. The van der Waals surface area contributed by atoms with Crippen LogP contribution in [0.1, 0.15) is 21.6 Å². The molecule has 0 saturated carbocycles. The molecule has 3 aromatic heterocycles. The zero-order valence-electron chi connectivity index (χ0n) is 16.6. The molecule has 148 valence electrons. The van der Waals surface area contributed by atoms with Gasteiger partial charge in [-0.15, -0.1) is 0 Å². The molecule has 0 fully saturated rings. The van der Waals surface area contributed by atoms with E-state index in [4.69, 9.17) is 4.74 Å². The van der Waals surface area contributed by atoms with E-state index in [-0.39, 0.29) is 11.5 Å². The maximum Gasteiger partial charge on any atom is 0.267 e. The summed E-state index contributed by atoms with van der Waals surface area (Å²) in [6, 6.07) is 13.1. The Hall–Kier alpha value is -3.61. The molecule has 1 aromatic carbocycles. The van der Waals surface area contributed by atoms with Crippen LogP contribution in [0.3, 0.4) is 0 Å². The maximum absolute atomic E-state index is 12.8. The second-order valence-electron chi connectivity index (χ2n) is 7.03. The van der Waals surface area contributed by atoms with Gasteiger partial charge in [0.05, 0.1) is 12.5 Å². The Morgan fingerprint density at radius 1 is 1.17 bits per heavy atom. The van der Waals surface area contributed by atoms with Crippen LogP contribution < -0.4 is 15.6 Å². The van der Waals surface area contributed by atoms with Crippen LogP contribution >= 0.6 is 0 Å². The molecule has 29 heavy (non-hydrogen) atoms. The standard InChI is InChI=1S/C22H22N4O3/c1-14-4-9-19-24-20-17(22(28)26(19)13-14)12-18(25(20)2)21(27)23-11-10-15-5-7-16(29-3)8-6-15/h4-9,12-13H,10-11H2,1-3H3,(H,23,27). The van der Waals surface area contributed by atoms with Gasteiger partial charge in [-0.3, -0.25) is 14.0 Å². The van der Waals surface area contributed by atoms with Crippen molar-refractivity contribution in [3.8, 4) is 5.75 Å². The lowest BCUT2D eigenvalue weighted by Gasteiger charge is -2.07. The van der Waals surface area contributed by atoms with Gasteiger partial charge >= 0.3 is 0 Å². The number of hydrogen-bond acceptors (Lipinski definition) is 4. The van der Waals surface area contributed by atoms with Crippen molar-refractivity contribution >= 4 is 22.6 Å². The molecule has 3 heterocycles. The summed E-state index contributed by atoms with van der Waals surface area (Å²) in [5, 5.41) is 3.35. The molecule has 0 aliphatic heterocycles. The third-order valence-electron chi connectivity index (χ3n) is 5.04. The van der Waals surface area contributed by atoms with E-state index < -0.39 is 0 Å². The molecule has 0 spiro atoms. The van der Waals surface area contributed by atoms with Gasteiger partial charge in [-0.2, -0.15) is 0 Å². The zero-order chi connectivity index (χ0) is 20.5. The fraction of sp³-hybridized carbons (Fsp3) is 0.227. The monoisotopic (exact) mass is 390 g/mol. The van der Waals surface area contributed by atoms with Crippen LogP contribution in [0.5, 0.6) is 5.75 Å². The lowest BCUT2D eigenvalue weighted by molar-refractivity contribution is 0.0946. The quantitative estimate of drug-likeness (QED) is 0.568. The Bertz CT molecular complexity index is 1270. The summed E-state index contributed by atoms with van der Waals surface area (Å²) in [5.41, 5.74) is 3.35. The highest BCUT2D eigenvalue weighted by molar-refractivity contribution is 5.98. The number of carbonyl (C=O) groups excluding carboxylic acids is 1. The first kappa shape index (κ1) is 18.7. The molecule has 0 bridgehead atoms. The SMILES string of the molecule is COc1ccc(CCNC(=O)c2cc3c(=O)n4cc(C)ccc4nc3n2C)cc1. The van der Waals surface area contributed by atoms with Gasteiger partial charge in [-0.05, 0) is 48.7 Å². The first-order chi connectivity index (χ1) is 14.0. The lowest BCUT2D eigenvalue weighted by Crippen LogP contribution is -2.27. The Morgan fingerprint density at radius 3 is 2.66 bits per heavy atom. The molecule has 0 atom stereocenters. The number of amides is 1. The summed E-state index contributed by atoms with van der Waals surface area (Å²) in [6.07, 6.45) is 2.45. The van der Waals surface area contributed by atoms with Crippen molar-refractivity contribution in [1.29, 1.82) is 0 Å². The summed E-state index contributed by atoms with van der Waals surface area (Å²) < 4.78 is 8.33. The number of pyridine rings is 1. The molecule has 1 amide bonds. The average molecular weight is 390 g/mol. The smallest absolute Gasteiger partial charge is 0.267 e. The van der Waals surface area contributed by atoms with Crippen molar-refractivity contribution in [2.45, 2.75) is 13.3 Å². The first-order valence-corrected chi connectivity index (χ1v) is 9.37. The van der Waals surface area contributed by atoms with Gasteiger partial charge in [-0.1, -0.05) is 18.2 Å². The Labute approximate surface area is 167 Å². The molecule has 0 aliphatic rings. The number of nitrogens with zero attached hydrogens (tertiary/aromatic N) is 3. The molecular formula is C22H22N4O3. The van der Waals surface area contributed by atoms with E-state index in [1.165, 1.54) is 4.40 Å². The van der Waals surface area contributed by atoms with Gasteiger partial charge < -0.3 is 14.6 Å². The third-order valence-corrected chi connectivity index (χ3v) is 5.04. The van der Waals surface area contributed by atoms with Gasteiger partial charge in [0, 0.05) is 19.8 Å². The van der Waals surface area contributed by atoms with Crippen LogP contribution in [0.4, 0.5) is 0 Å². The van der Waals surface area contributed by atoms with Gasteiger partial charge in [0.2, 0.25) is 0 Å². The number of fused-ring (bicyclic) bond motifs is 2. The van der Waals surface area contributed by atoms with Crippen LogP contribution in [0.15, 0.2) is 53.5 Å². The number of nitrogens with one attached hydrogen (secondary N) is 1. The fourth-order valence-corrected chi connectivity index (χ4v) is 3.40. The zero-order valence-corrected chi connectivity index (χ0v) is 16.6. The Kier molecular flexibility index (Phi) is 4.80. The van der Waals surface area contributed by atoms with Crippen LogP contribution in [0.2, 0.25) is 0 Å². The minimum absolute atomic E-state index is 0.179. The van der Waals surface area contributed by atoms with Crippen molar-refractivity contribution in [1.82, 2.24) is 19.3 Å². The number of benzene rings is 1. The lowest BCUT2D eigenvalue weighted by atomic mass is 10.1. The number of aryl methyl sites for hydroxylation is 2. The number of hydrogen-bond donors (Lipinski definition) is 1. The van der Waals surface area contributed by atoms with Crippen LogP contribution in [0, 0.1) is 6.92 Å². The number of methoxy groups -OCH3 is 1. The highest BCUT2D eigenvalue weighted by Gasteiger charge is 2.17. The van der Waals surface area contributed by atoms with Crippen molar-refractivity contribution < 1.29 is 9.53 Å².